The second-order valence-electron chi connectivity index (χ2n) is 7.19. The first-order chi connectivity index (χ1) is 13.1. The van der Waals surface area contributed by atoms with Crippen molar-refractivity contribution >= 4 is 17.0 Å². The number of rotatable bonds is 4. The van der Waals surface area contributed by atoms with E-state index in [2.05, 4.69) is 4.98 Å². The molecule has 1 unspecified atom stereocenters. The first-order valence-corrected chi connectivity index (χ1v) is 9.53. The molecule has 1 fully saturated rings. The molecule has 3 aromatic rings. The third-order valence-electron chi connectivity index (χ3n) is 5.22. The molecule has 1 amide bonds. The smallest absolute Gasteiger partial charge is 0.223 e. The first kappa shape index (κ1) is 17.7. The van der Waals surface area contributed by atoms with Crippen molar-refractivity contribution in [2.24, 2.45) is 0 Å². The minimum absolute atomic E-state index is 0.0760. The summed E-state index contributed by atoms with van der Waals surface area (Å²) in [7, 11) is 0. The van der Waals surface area contributed by atoms with Crippen LogP contribution in [-0.4, -0.2) is 22.3 Å². The Balaban J connectivity index is 1.66. The summed E-state index contributed by atoms with van der Waals surface area (Å²) < 4.78 is 19.5. The molecule has 1 saturated heterocycles. The van der Waals surface area contributed by atoms with E-state index in [1.165, 1.54) is 6.07 Å². The molecule has 1 aliphatic rings. The Hall–Kier alpha value is -2.69. The fourth-order valence-electron chi connectivity index (χ4n) is 3.77. The van der Waals surface area contributed by atoms with Gasteiger partial charge < -0.3 is 9.32 Å². The molecule has 0 bridgehead atoms. The predicted molar refractivity (Wildman–Crippen MR) is 103 cm³/mol. The number of likely N-dealkylation sites (tertiary alicyclic amines) is 1. The second-order valence-corrected chi connectivity index (χ2v) is 7.19. The van der Waals surface area contributed by atoms with E-state index in [-0.39, 0.29) is 17.8 Å². The Bertz CT molecular complexity index is 995. The van der Waals surface area contributed by atoms with Gasteiger partial charge in [0.05, 0.1) is 0 Å². The number of carbonyl (C=O) groups excluding carboxylic acids is 1. The first-order valence-electron chi connectivity index (χ1n) is 9.53. The van der Waals surface area contributed by atoms with E-state index in [4.69, 9.17) is 4.42 Å². The summed E-state index contributed by atoms with van der Waals surface area (Å²) in [5.74, 6) is 0.575. The molecule has 0 aliphatic carbocycles. The monoisotopic (exact) mass is 366 g/mol. The summed E-state index contributed by atoms with van der Waals surface area (Å²) in [4.78, 5) is 18.9. The molecule has 4 rings (SSSR count). The fraction of sp³-hybridized carbons (Fsp3) is 0.364. The van der Waals surface area contributed by atoms with Crippen molar-refractivity contribution in [2.75, 3.05) is 6.54 Å². The summed E-state index contributed by atoms with van der Waals surface area (Å²) in [5.41, 5.74) is 4.00. The summed E-state index contributed by atoms with van der Waals surface area (Å²) in [6, 6.07) is 10.8. The SMILES string of the molecule is CCCC(=O)N1CCCC1c1nc2cc(-c3ccc(F)c(C)c3)ccc2o1. The number of oxazole rings is 1. The molecule has 1 aromatic heterocycles. The van der Waals surface area contributed by atoms with E-state index in [0.717, 1.165) is 42.5 Å². The lowest BCUT2D eigenvalue weighted by Gasteiger charge is -2.21. The molecule has 0 saturated carbocycles. The number of fused-ring (bicyclic) bond motifs is 1. The van der Waals surface area contributed by atoms with E-state index in [0.29, 0.717) is 23.5 Å². The standard InChI is InChI=1S/C22H23FN2O2/c1-3-5-21(26)25-11-4-6-19(25)22-24-18-13-16(8-10-20(18)27-22)15-7-9-17(23)14(2)12-15/h7-10,12-13,19H,3-6,11H2,1-2H3. The summed E-state index contributed by atoms with van der Waals surface area (Å²) in [6.45, 7) is 4.54. The second kappa shape index (κ2) is 7.14. The van der Waals surface area contributed by atoms with Gasteiger partial charge in [-0.15, -0.1) is 0 Å². The molecular formula is C22H23FN2O2. The van der Waals surface area contributed by atoms with Crippen LogP contribution in [0, 0.1) is 12.7 Å². The van der Waals surface area contributed by atoms with Gasteiger partial charge in [-0.3, -0.25) is 4.79 Å². The van der Waals surface area contributed by atoms with Gasteiger partial charge in [0.15, 0.2) is 5.58 Å². The maximum absolute atomic E-state index is 13.5. The summed E-state index contributed by atoms with van der Waals surface area (Å²) in [5, 5.41) is 0. The van der Waals surface area contributed by atoms with Gasteiger partial charge in [0.1, 0.15) is 17.4 Å². The van der Waals surface area contributed by atoms with Gasteiger partial charge in [0.2, 0.25) is 11.8 Å². The zero-order valence-corrected chi connectivity index (χ0v) is 15.7. The molecule has 5 heteroatoms. The van der Waals surface area contributed by atoms with Crippen LogP contribution in [-0.2, 0) is 4.79 Å². The van der Waals surface area contributed by atoms with Crippen LogP contribution in [0.15, 0.2) is 40.8 Å². The van der Waals surface area contributed by atoms with E-state index in [1.54, 1.807) is 13.0 Å². The number of aryl methyl sites for hydroxylation is 1. The zero-order chi connectivity index (χ0) is 19.0. The minimum Gasteiger partial charge on any atom is -0.438 e. The highest BCUT2D eigenvalue weighted by Gasteiger charge is 2.33. The lowest BCUT2D eigenvalue weighted by Crippen LogP contribution is -2.30. The van der Waals surface area contributed by atoms with Gasteiger partial charge in [-0.2, -0.15) is 0 Å². The maximum Gasteiger partial charge on any atom is 0.223 e. The van der Waals surface area contributed by atoms with E-state index in [1.807, 2.05) is 36.1 Å². The van der Waals surface area contributed by atoms with Crippen molar-refractivity contribution in [3.8, 4) is 11.1 Å². The predicted octanol–water partition coefficient (Wildman–Crippen LogP) is 5.41. The van der Waals surface area contributed by atoms with E-state index in [9.17, 15) is 9.18 Å². The van der Waals surface area contributed by atoms with Gasteiger partial charge in [0.25, 0.3) is 0 Å². The average Bonchev–Trinajstić information content (AvgIpc) is 3.29. The third kappa shape index (κ3) is 3.34. The van der Waals surface area contributed by atoms with Crippen LogP contribution in [0.1, 0.15) is 50.1 Å². The summed E-state index contributed by atoms with van der Waals surface area (Å²) in [6.07, 6.45) is 3.26. The van der Waals surface area contributed by atoms with Gasteiger partial charge in [-0.05, 0) is 67.1 Å². The van der Waals surface area contributed by atoms with Crippen LogP contribution >= 0.6 is 0 Å². The van der Waals surface area contributed by atoms with Gasteiger partial charge >= 0.3 is 0 Å². The van der Waals surface area contributed by atoms with Gasteiger partial charge in [0, 0.05) is 13.0 Å². The van der Waals surface area contributed by atoms with Crippen molar-refractivity contribution in [1.82, 2.24) is 9.88 Å². The number of halogens is 1. The number of hydrogen-bond acceptors (Lipinski definition) is 3. The van der Waals surface area contributed by atoms with Gasteiger partial charge in [-0.1, -0.05) is 19.1 Å². The van der Waals surface area contributed by atoms with Crippen LogP contribution in [0.3, 0.4) is 0 Å². The number of nitrogens with zero attached hydrogens (tertiary/aromatic N) is 2. The number of aromatic nitrogens is 1. The molecule has 0 N–H and O–H groups in total. The van der Waals surface area contributed by atoms with Crippen molar-refractivity contribution in [2.45, 2.75) is 45.6 Å². The Morgan fingerprint density at radius 2 is 2.04 bits per heavy atom. The molecule has 2 aromatic carbocycles. The minimum atomic E-state index is -0.207. The van der Waals surface area contributed by atoms with Crippen LogP contribution in [0.5, 0.6) is 0 Å². The molecule has 27 heavy (non-hydrogen) atoms. The number of amides is 1. The van der Waals surface area contributed by atoms with Crippen LogP contribution in [0.2, 0.25) is 0 Å². The molecule has 140 valence electrons. The van der Waals surface area contributed by atoms with Crippen LogP contribution in [0.4, 0.5) is 4.39 Å². The molecule has 4 nitrogen and oxygen atoms in total. The van der Waals surface area contributed by atoms with Crippen LogP contribution < -0.4 is 0 Å². The highest BCUT2D eigenvalue weighted by atomic mass is 19.1. The number of hydrogen-bond donors (Lipinski definition) is 0. The lowest BCUT2D eigenvalue weighted by molar-refractivity contribution is -0.132. The maximum atomic E-state index is 13.5. The van der Waals surface area contributed by atoms with E-state index >= 15 is 0 Å². The Kier molecular flexibility index (Phi) is 4.68. The van der Waals surface area contributed by atoms with Crippen molar-refractivity contribution in [3.05, 3.63) is 53.7 Å². The van der Waals surface area contributed by atoms with Crippen LogP contribution in [0.25, 0.3) is 22.2 Å². The Labute approximate surface area is 158 Å². The fourth-order valence-corrected chi connectivity index (χ4v) is 3.77. The van der Waals surface area contributed by atoms with E-state index < -0.39 is 0 Å². The molecule has 0 radical (unpaired) electrons. The average molecular weight is 366 g/mol. The molecule has 2 heterocycles. The summed E-state index contributed by atoms with van der Waals surface area (Å²) >= 11 is 0. The quantitative estimate of drug-likeness (QED) is 0.620. The number of carbonyl (C=O) groups is 1. The largest absolute Gasteiger partial charge is 0.438 e. The lowest BCUT2D eigenvalue weighted by atomic mass is 10.0. The molecule has 1 aliphatic heterocycles. The topological polar surface area (TPSA) is 46.3 Å². The third-order valence-corrected chi connectivity index (χ3v) is 5.22. The molecule has 1 atom stereocenters. The van der Waals surface area contributed by atoms with Crippen molar-refractivity contribution in [1.29, 1.82) is 0 Å². The molecule has 0 spiro atoms. The number of benzene rings is 2. The van der Waals surface area contributed by atoms with Gasteiger partial charge in [-0.25, -0.2) is 9.37 Å². The zero-order valence-electron chi connectivity index (χ0n) is 15.7. The normalized spacial score (nSPS) is 17.0. The Morgan fingerprint density at radius 3 is 2.81 bits per heavy atom. The highest BCUT2D eigenvalue weighted by molar-refractivity contribution is 5.81. The van der Waals surface area contributed by atoms with Crippen molar-refractivity contribution in [3.63, 3.8) is 0 Å². The highest BCUT2D eigenvalue weighted by Crippen LogP contribution is 2.35. The van der Waals surface area contributed by atoms with Crippen molar-refractivity contribution < 1.29 is 13.6 Å². The molecular weight excluding hydrogens is 343 g/mol. The Morgan fingerprint density at radius 1 is 1.26 bits per heavy atom.